The molecule has 4 nitrogen and oxygen atoms in total. The summed E-state index contributed by atoms with van der Waals surface area (Å²) in [5, 5.41) is 10.2. The molecule has 0 saturated heterocycles. The minimum atomic E-state index is 0.173. The Labute approximate surface area is 106 Å². The standard InChI is InChI=1S/C13H28N4/c1-6-14-12(17-11-9-10(11)2)15-7-8-16-13(3,4)5/h10-11,16H,6-9H2,1-5H3,(H2,14,15,17). The van der Waals surface area contributed by atoms with Gasteiger partial charge < -0.3 is 16.0 Å². The van der Waals surface area contributed by atoms with Gasteiger partial charge in [-0.05, 0) is 40.0 Å². The molecule has 0 bridgehead atoms. The Balaban J connectivity index is 2.25. The first-order chi connectivity index (χ1) is 7.92. The SMILES string of the molecule is CCNC(=NCCNC(C)(C)C)NC1CC1C. The average Bonchev–Trinajstić information content (AvgIpc) is 2.88. The molecule has 0 radical (unpaired) electrons. The summed E-state index contributed by atoms with van der Waals surface area (Å²) in [7, 11) is 0. The predicted molar refractivity (Wildman–Crippen MR) is 74.4 cm³/mol. The van der Waals surface area contributed by atoms with E-state index in [-0.39, 0.29) is 5.54 Å². The third-order valence-corrected chi connectivity index (χ3v) is 2.81. The van der Waals surface area contributed by atoms with Gasteiger partial charge in [0.1, 0.15) is 0 Å². The van der Waals surface area contributed by atoms with Gasteiger partial charge in [-0.1, -0.05) is 6.92 Å². The van der Waals surface area contributed by atoms with Crippen LogP contribution in [0.2, 0.25) is 0 Å². The van der Waals surface area contributed by atoms with Gasteiger partial charge in [0.15, 0.2) is 5.96 Å². The molecule has 2 unspecified atom stereocenters. The molecule has 1 fully saturated rings. The van der Waals surface area contributed by atoms with Gasteiger partial charge in [0.25, 0.3) is 0 Å². The molecule has 0 spiro atoms. The van der Waals surface area contributed by atoms with E-state index in [0.29, 0.717) is 6.04 Å². The summed E-state index contributed by atoms with van der Waals surface area (Å²) in [4.78, 5) is 4.56. The quantitative estimate of drug-likeness (QED) is 0.386. The summed E-state index contributed by atoms with van der Waals surface area (Å²) in [5.74, 6) is 1.75. The molecule has 0 aliphatic heterocycles. The van der Waals surface area contributed by atoms with Crippen molar-refractivity contribution in [1.29, 1.82) is 0 Å². The summed E-state index contributed by atoms with van der Waals surface area (Å²) in [6.07, 6.45) is 1.27. The number of rotatable bonds is 5. The minimum Gasteiger partial charge on any atom is -0.357 e. The van der Waals surface area contributed by atoms with Gasteiger partial charge in [0.2, 0.25) is 0 Å². The van der Waals surface area contributed by atoms with Gasteiger partial charge in [-0.3, -0.25) is 4.99 Å². The normalized spacial score (nSPS) is 24.6. The van der Waals surface area contributed by atoms with Crippen molar-refractivity contribution in [2.45, 2.75) is 52.6 Å². The van der Waals surface area contributed by atoms with Crippen molar-refractivity contribution in [3.05, 3.63) is 0 Å². The molecule has 0 aromatic carbocycles. The summed E-state index contributed by atoms with van der Waals surface area (Å²) in [6, 6.07) is 0.628. The highest BCUT2D eigenvalue weighted by atomic mass is 15.2. The predicted octanol–water partition coefficient (Wildman–Crippen LogP) is 1.34. The van der Waals surface area contributed by atoms with Gasteiger partial charge in [-0.15, -0.1) is 0 Å². The Morgan fingerprint density at radius 1 is 1.35 bits per heavy atom. The molecule has 2 atom stereocenters. The molecular formula is C13H28N4. The number of hydrogen-bond acceptors (Lipinski definition) is 2. The molecule has 4 heteroatoms. The molecule has 1 aliphatic carbocycles. The lowest BCUT2D eigenvalue weighted by atomic mass is 10.1. The Hall–Kier alpha value is -0.770. The van der Waals surface area contributed by atoms with E-state index in [1.807, 2.05) is 0 Å². The topological polar surface area (TPSA) is 48.5 Å². The van der Waals surface area contributed by atoms with E-state index in [9.17, 15) is 0 Å². The largest absolute Gasteiger partial charge is 0.357 e. The lowest BCUT2D eigenvalue weighted by Gasteiger charge is -2.20. The number of nitrogens with one attached hydrogen (secondary N) is 3. The van der Waals surface area contributed by atoms with Crippen LogP contribution in [0.1, 0.15) is 41.0 Å². The second-order valence-electron chi connectivity index (χ2n) is 5.90. The van der Waals surface area contributed by atoms with Gasteiger partial charge >= 0.3 is 0 Å². The monoisotopic (exact) mass is 240 g/mol. The van der Waals surface area contributed by atoms with Crippen LogP contribution in [0, 0.1) is 5.92 Å². The van der Waals surface area contributed by atoms with Crippen LogP contribution in [0.25, 0.3) is 0 Å². The molecule has 100 valence electrons. The zero-order valence-corrected chi connectivity index (χ0v) is 11.9. The highest BCUT2D eigenvalue weighted by Gasteiger charge is 2.33. The Bertz CT molecular complexity index is 255. The third-order valence-electron chi connectivity index (χ3n) is 2.81. The Morgan fingerprint density at radius 2 is 2.00 bits per heavy atom. The lowest BCUT2D eigenvalue weighted by molar-refractivity contribution is 0.432. The fourth-order valence-electron chi connectivity index (χ4n) is 1.62. The Kier molecular flexibility index (Phi) is 5.25. The molecule has 0 aromatic rings. The van der Waals surface area contributed by atoms with Crippen molar-refractivity contribution in [3.8, 4) is 0 Å². The second kappa shape index (κ2) is 6.24. The first-order valence-corrected chi connectivity index (χ1v) is 6.72. The molecule has 1 saturated carbocycles. The van der Waals surface area contributed by atoms with Crippen molar-refractivity contribution in [3.63, 3.8) is 0 Å². The maximum atomic E-state index is 4.56. The first kappa shape index (κ1) is 14.3. The van der Waals surface area contributed by atoms with E-state index >= 15 is 0 Å². The van der Waals surface area contributed by atoms with Crippen LogP contribution in [-0.4, -0.2) is 37.2 Å². The van der Waals surface area contributed by atoms with E-state index < -0.39 is 0 Å². The zero-order chi connectivity index (χ0) is 12.9. The van der Waals surface area contributed by atoms with Crippen LogP contribution in [-0.2, 0) is 0 Å². The van der Waals surface area contributed by atoms with E-state index in [4.69, 9.17) is 0 Å². The maximum Gasteiger partial charge on any atom is 0.191 e. The van der Waals surface area contributed by atoms with Crippen LogP contribution in [0.3, 0.4) is 0 Å². The fraction of sp³-hybridized carbons (Fsp3) is 0.923. The number of hydrogen-bond donors (Lipinski definition) is 3. The van der Waals surface area contributed by atoms with E-state index in [2.05, 4.69) is 55.6 Å². The highest BCUT2D eigenvalue weighted by molar-refractivity contribution is 5.80. The molecule has 17 heavy (non-hydrogen) atoms. The summed E-state index contributed by atoms with van der Waals surface area (Å²) in [5.41, 5.74) is 0.173. The molecule has 0 aromatic heterocycles. The third kappa shape index (κ3) is 6.51. The molecule has 3 N–H and O–H groups in total. The molecule has 0 amide bonds. The van der Waals surface area contributed by atoms with Crippen LogP contribution in [0.4, 0.5) is 0 Å². The highest BCUT2D eigenvalue weighted by Crippen LogP contribution is 2.28. The van der Waals surface area contributed by atoms with Gasteiger partial charge in [0.05, 0.1) is 6.54 Å². The van der Waals surface area contributed by atoms with Gasteiger partial charge in [-0.2, -0.15) is 0 Å². The summed E-state index contributed by atoms with van der Waals surface area (Å²) >= 11 is 0. The zero-order valence-electron chi connectivity index (χ0n) is 11.9. The molecule has 1 rings (SSSR count). The van der Waals surface area contributed by atoms with Gasteiger partial charge in [-0.25, -0.2) is 0 Å². The van der Waals surface area contributed by atoms with E-state index in [1.165, 1.54) is 6.42 Å². The smallest absolute Gasteiger partial charge is 0.191 e. The van der Waals surface area contributed by atoms with E-state index in [1.54, 1.807) is 0 Å². The number of nitrogens with zero attached hydrogens (tertiary/aromatic N) is 1. The fourth-order valence-corrected chi connectivity index (χ4v) is 1.62. The second-order valence-corrected chi connectivity index (χ2v) is 5.90. The van der Waals surface area contributed by atoms with Crippen molar-refractivity contribution in [1.82, 2.24) is 16.0 Å². The molecular weight excluding hydrogens is 212 g/mol. The van der Waals surface area contributed by atoms with Crippen LogP contribution in [0.5, 0.6) is 0 Å². The van der Waals surface area contributed by atoms with E-state index in [0.717, 1.165) is 31.5 Å². The van der Waals surface area contributed by atoms with Gasteiger partial charge in [0, 0.05) is 24.7 Å². The summed E-state index contributed by atoms with van der Waals surface area (Å²) < 4.78 is 0. The number of guanidine groups is 1. The lowest BCUT2D eigenvalue weighted by Crippen LogP contribution is -2.41. The first-order valence-electron chi connectivity index (χ1n) is 6.72. The van der Waals surface area contributed by atoms with Crippen molar-refractivity contribution in [2.75, 3.05) is 19.6 Å². The number of aliphatic imine (C=N–C) groups is 1. The minimum absolute atomic E-state index is 0.173. The maximum absolute atomic E-state index is 4.56. The van der Waals surface area contributed by atoms with Crippen LogP contribution in [0.15, 0.2) is 4.99 Å². The van der Waals surface area contributed by atoms with Crippen molar-refractivity contribution in [2.24, 2.45) is 10.9 Å². The molecule has 1 aliphatic rings. The average molecular weight is 240 g/mol. The Morgan fingerprint density at radius 3 is 2.47 bits per heavy atom. The van der Waals surface area contributed by atoms with Crippen LogP contribution >= 0.6 is 0 Å². The van der Waals surface area contributed by atoms with Crippen LogP contribution < -0.4 is 16.0 Å². The van der Waals surface area contributed by atoms with Crippen molar-refractivity contribution >= 4 is 5.96 Å². The molecule has 0 heterocycles. The summed E-state index contributed by atoms with van der Waals surface area (Å²) in [6.45, 7) is 13.5. The van der Waals surface area contributed by atoms with Crippen molar-refractivity contribution < 1.29 is 0 Å².